The van der Waals surface area contributed by atoms with Crippen LogP contribution in [0.5, 0.6) is 0 Å². The van der Waals surface area contributed by atoms with Gasteiger partial charge in [0.05, 0.1) is 23.3 Å². The SMILES string of the molecule is Cl.OC1(c2ccc(Cl)c(Cl)c2)CNCCOC1. The molecule has 0 radical (unpaired) electrons. The summed E-state index contributed by atoms with van der Waals surface area (Å²) in [5.74, 6) is 0. The minimum Gasteiger partial charge on any atom is -0.381 e. The maximum atomic E-state index is 10.4. The van der Waals surface area contributed by atoms with E-state index in [1.165, 1.54) is 0 Å². The molecule has 2 N–H and O–H groups in total. The molecule has 1 heterocycles. The molecule has 1 atom stereocenters. The Morgan fingerprint density at radius 1 is 1.29 bits per heavy atom. The molecule has 1 aliphatic rings. The van der Waals surface area contributed by atoms with Gasteiger partial charge in [-0.15, -0.1) is 12.4 Å². The molecule has 1 aromatic carbocycles. The van der Waals surface area contributed by atoms with Gasteiger partial charge in [0.2, 0.25) is 0 Å². The van der Waals surface area contributed by atoms with Crippen molar-refractivity contribution in [2.45, 2.75) is 5.60 Å². The summed E-state index contributed by atoms with van der Waals surface area (Å²) in [6.07, 6.45) is 0. The minimum atomic E-state index is -1.04. The molecule has 1 unspecified atom stereocenters. The molecule has 1 saturated heterocycles. The number of hydrogen-bond donors (Lipinski definition) is 2. The fourth-order valence-electron chi connectivity index (χ4n) is 1.70. The zero-order valence-corrected chi connectivity index (χ0v) is 11.4. The van der Waals surface area contributed by atoms with Crippen molar-refractivity contribution in [2.24, 2.45) is 0 Å². The van der Waals surface area contributed by atoms with Crippen LogP contribution in [-0.2, 0) is 10.3 Å². The van der Waals surface area contributed by atoms with Gasteiger partial charge in [-0.1, -0.05) is 29.3 Å². The lowest BCUT2D eigenvalue weighted by atomic mass is 9.95. The second-order valence-electron chi connectivity index (χ2n) is 3.89. The third kappa shape index (κ3) is 3.47. The maximum Gasteiger partial charge on any atom is 0.125 e. The van der Waals surface area contributed by atoms with E-state index in [9.17, 15) is 5.11 Å². The van der Waals surface area contributed by atoms with Crippen molar-refractivity contribution in [1.29, 1.82) is 0 Å². The average molecular weight is 299 g/mol. The van der Waals surface area contributed by atoms with Crippen LogP contribution in [0.3, 0.4) is 0 Å². The number of halogens is 3. The fourth-order valence-corrected chi connectivity index (χ4v) is 2.00. The van der Waals surface area contributed by atoms with Gasteiger partial charge in [-0.2, -0.15) is 0 Å². The largest absolute Gasteiger partial charge is 0.381 e. The number of rotatable bonds is 1. The molecule has 0 aromatic heterocycles. The van der Waals surface area contributed by atoms with Crippen LogP contribution in [0.2, 0.25) is 10.0 Å². The molecule has 3 nitrogen and oxygen atoms in total. The van der Waals surface area contributed by atoms with E-state index >= 15 is 0 Å². The standard InChI is InChI=1S/C11H13Cl2NO2.ClH/c12-9-2-1-8(5-10(9)13)11(15)6-14-3-4-16-7-11;/h1-2,5,14-15H,3-4,6-7H2;1H. The smallest absolute Gasteiger partial charge is 0.125 e. The van der Waals surface area contributed by atoms with Crippen LogP contribution in [0.25, 0.3) is 0 Å². The third-order valence-corrected chi connectivity index (χ3v) is 3.38. The summed E-state index contributed by atoms with van der Waals surface area (Å²) >= 11 is 11.8. The Morgan fingerprint density at radius 3 is 2.76 bits per heavy atom. The van der Waals surface area contributed by atoms with Gasteiger partial charge in [0, 0.05) is 13.1 Å². The monoisotopic (exact) mass is 297 g/mol. The van der Waals surface area contributed by atoms with E-state index in [4.69, 9.17) is 27.9 Å². The van der Waals surface area contributed by atoms with Crippen molar-refractivity contribution >= 4 is 35.6 Å². The predicted molar refractivity (Wildman–Crippen MR) is 71.3 cm³/mol. The highest BCUT2D eigenvalue weighted by molar-refractivity contribution is 6.42. The molecule has 0 bridgehead atoms. The average Bonchev–Trinajstić information content (AvgIpc) is 2.48. The van der Waals surface area contributed by atoms with Crippen molar-refractivity contribution in [1.82, 2.24) is 5.32 Å². The first-order valence-electron chi connectivity index (χ1n) is 5.08. The van der Waals surface area contributed by atoms with Crippen LogP contribution in [-0.4, -0.2) is 31.4 Å². The van der Waals surface area contributed by atoms with Crippen molar-refractivity contribution < 1.29 is 9.84 Å². The lowest BCUT2D eigenvalue weighted by molar-refractivity contribution is -0.0318. The highest BCUT2D eigenvalue weighted by Crippen LogP contribution is 2.29. The van der Waals surface area contributed by atoms with E-state index in [0.29, 0.717) is 23.2 Å². The zero-order valence-electron chi connectivity index (χ0n) is 9.08. The second kappa shape index (κ2) is 6.23. The van der Waals surface area contributed by atoms with Gasteiger partial charge in [-0.05, 0) is 17.7 Å². The van der Waals surface area contributed by atoms with Gasteiger partial charge in [0.1, 0.15) is 5.60 Å². The lowest BCUT2D eigenvalue weighted by Crippen LogP contribution is -2.39. The first-order valence-corrected chi connectivity index (χ1v) is 5.84. The Kier molecular flexibility index (Phi) is 5.51. The van der Waals surface area contributed by atoms with E-state index in [2.05, 4.69) is 5.32 Å². The Bertz CT molecular complexity index is 379. The van der Waals surface area contributed by atoms with Crippen LogP contribution in [0, 0.1) is 0 Å². The lowest BCUT2D eigenvalue weighted by Gasteiger charge is -2.26. The van der Waals surface area contributed by atoms with Crippen molar-refractivity contribution in [2.75, 3.05) is 26.3 Å². The summed E-state index contributed by atoms with van der Waals surface area (Å²) < 4.78 is 5.35. The highest BCUT2D eigenvalue weighted by Gasteiger charge is 2.31. The fraction of sp³-hybridized carbons (Fsp3) is 0.455. The van der Waals surface area contributed by atoms with Gasteiger partial charge < -0.3 is 15.2 Å². The van der Waals surface area contributed by atoms with Gasteiger partial charge in [-0.3, -0.25) is 0 Å². The molecule has 1 aliphatic heterocycles. The molecular weight excluding hydrogens is 284 g/mol. The summed E-state index contributed by atoms with van der Waals surface area (Å²) in [7, 11) is 0. The van der Waals surface area contributed by atoms with E-state index in [-0.39, 0.29) is 19.0 Å². The van der Waals surface area contributed by atoms with Crippen LogP contribution in [0.1, 0.15) is 5.56 Å². The first-order chi connectivity index (χ1) is 7.62. The van der Waals surface area contributed by atoms with E-state index in [0.717, 1.165) is 12.1 Å². The van der Waals surface area contributed by atoms with Crippen LogP contribution >= 0.6 is 35.6 Å². The number of aliphatic hydroxyl groups is 1. The summed E-state index contributed by atoms with van der Waals surface area (Å²) in [5, 5.41) is 14.5. The van der Waals surface area contributed by atoms with Crippen molar-refractivity contribution in [3.8, 4) is 0 Å². The zero-order chi connectivity index (χ0) is 11.6. The van der Waals surface area contributed by atoms with Gasteiger partial charge in [0.15, 0.2) is 0 Å². The molecule has 17 heavy (non-hydrogen) atoms. The number of hydrogen-bond acceptors (Lipinski definition) is 3. The molecule has 0 saturated carbocycles. The second-order valence-corrected chi connectivity index (χ2v) is 4.70. The van der Waals surface area contributed by atoms with Crippen molar-refractivity contribution in [3.05, 3.63) is 33.8 Å². The topological polar surface area (TPSA) is 41.5 Å². The molecule has 96 valence electrons. The third-order valence-electron chi connectivity index (χ3n) is 2.64. The Labute approximate surface area is 116 Å². The molecule has 0 spiro atoms. The van der Waals surface area contributed by atoms with Crippen LogP contribution < -0.4 is 5.32 Å². The van der Waals surface area contributed by atoms with E-state index in [1.54, 1.807) is 18.2 Å². The molecule has 1 aromatic rings. The van der Waals surface area contributed by atoms with Crippen molar-refractivity contribution in [3.63, 3.8) is 0 Å². The quantitative estimate of drug-likeness (QED) is 0.835. The Hall–Kier alpha value is -0.0300. The number of benzene rings is 1. The summed E-state index contributed by atoms with van der Waals surface area (Å²) in [6.45, 7) is 2.05. The Balaban J connectivity index is 0.00000144. The minimum absolute atomic E-state index is 0. The van der Waals surface area contributed by atoms with Crippen LogP contribution in [0.4, 0.5) is 0 Å². The summed E-state index contributed by atoms with van der Waals surface area (Å²) in [5.41, 5.74) is -0.318. The summed E-state index contributed by atoms with van der Waals surface area (Å²) in [4.78, 5) is 0. The number of nitrogens with one attached hydrogen (secondary N) is 1. The van der Waals surface area contributed by atoms with E-state index in [1.807, 2.05) is 0 Å². The summed E-state index contributed by atoms with van der Waals surface area (Å²) in [6, 6.07) is 5.13. The Morgan fingerprint density at radius 2 is 2.06 bits per heavy atom. The van der Waals surface area contributed by atoms with Gasteiger partial charge in [0.25, 0.3) is 0 Å². The molecule has 0 amide bonds. The maximum absolute atomic E-state index is 10.4. The normalized spacial score (nSPS) is 24.9. The van der Waals surface area contributed by atoms with Crippen LogP contribution in [0.15, 0.2) is 18.2 Å². The number of β-amino-alcohol motifs (C(OH)–C–C–N with tert-alkyl or cyclic N) is 1. The highest BCUT2D eigenvalue weighted by atomic mass is 35.5. The molecular formula is C11H14Cl3NO2. The molecule has 0 aliphatic carbocycles. The molecule has 1 fully saturated rings. The van der Waals surface area contributed by atoms with Gasteiger partial charge in [-0.25, -0.2) is 0 Å². The molecule has 6 heteroatoms. The van der Waals surface area contributed by atoms with Gasteiger partial charge >= 0.3 is 0 Å². The predicted octanol–water partition coefficient (Wildman–Crippen LogP) is 2.22. The molecule has 2 rings (SSSR count). The van der Waals surface area contributed by atoms with E-state index < -0.39 is 5.60 Å². The number of ether oxygens (including phenoxy) is 1. The first kappa shape index (κ1) is 15.0.